The first-order valence-corrected chi connectivity index (χ1v) is 5.65. The number of piperidine rings is 1. The van der Waals surface area contributed by atoms with Crippen molar-refractivity contribution in [1.29, 1.82) is 0 Å². The molecule has 1 aliphatic heterocycles. The predicted octanol–water partition coefficient (Wildman–Crippen LogP) is 2.27. The van der Waals surface area contributed by atoms with Crippen LogP contribution in [0.5, 0.6) is 0 Å². The molecule has 3 nitrogen and oxygen atoms in total. The molecule has 3 heteroatoms. The van der Waals surface area contributed by atoms with E-state index in [1.54, 1.807) is 0 Å². The molecule has 1 N–H and O–H groups in total. The molecule has 82 valence electrons. The highest BCUT2D eigenvalue weighted by molar-refractivity contribution is 5.08. The van der Waals surface area contributed by atoms with Gasteiger partial charge in [0.05, 0.1) is 12.0 Å². The molecular formula is C12H19N3. The Bertz CT molecular complexity index is 334. The summed E-state index contributed by atoms with van der Waals surface area (Å²) in [5.74, 6) is 0. The number of rotatable bonds is 3. The van der Waals surface area contributed by atoms with Crippen LogP contribution in [-0.2, 0) is 6.54 Å². The standard InChI is InChI=1S/C12H19N3/c1-10(2)8-15-9-13-7-12(15)11-5-3-4-6-14-11/h7,9,11,14H,1,3-6,8H2,2H3. The van der Waals surface area contributed by atoms with E-state index in [0.29, 0.717) is 6.04 Å². The van der Waals surface area contributed by atoms with E-state index in [-0.39, 0.29) is 0 Å². The maximum absolute atomic E-state index is 4.23. The van der Waals surface area contributed by atoms with Gasteiger partial charge in [-0.3, -0.25) is 0 Å². The normalized spacial score (nSPS) is 21.5. The third kappa shape index (κ3) is 2.48. The summed E-state index contributed by atoms with van der Waals surface area (Å²) in [6.07, 6.45) is 7.72. The Balaban J connectivity index is 2.12. The van der Waals surface area contributed by atoms with Crippen molar-refractivity contribution in [3.63, 3.8) is 0 Å². The van der Waals surface area contributed by atoms with Crippen LogP contribution >= 0.6 is 0 Å². The lowest BCUT2D eigenvalue weighted by Gasteiger charge is -2.24. The minimum atomic E-state index is 0.487. The van der Waals surface area contributed by atoms with Crippen LogP contribution in [-0.4, -0.2) is 16.1 Å². The van der Waals surface area contributed by atoms with Crippen LogP contribution in [0.4, 0.5) is 0 Å². The monoisotopic (exact) mass is 205 g/mol. The Morgan fingerprint density at radius 2 is 2.53 bits per heavy atom. The summed E-state index contributed by atoms with van der Waals surface area (Å²) < 4.78 is 2.20. The summed E-state index contributed by atoms with van der Waals surface area (Å²) in [7, 11) is 0. The first-order chi connectivity index (χ1) is 7.27. The SMILES string of the molecule is C=C(C)Cn1cncc1C1CCCCN1. The van der Waals surface area contributed by atoms with Crippen molar-refractivity contribution in [2.75, 3.05) is 6.54 Å². The maximum atomic E-state index is 4.23. The highest BCUT2D eigenvalue weighted by atomic mass is 15.1. The molecular weight excluding hydrogens is 186 g/mol. The van der Waals surface area contributed by atoms with Crippen LogP contribution in [0.15, 0.2) is 24.7 Å². The Kier molecular flexibility index (Phi) is 3.21. The van der Waals surface area contributed by atoms with Gasteiger partial charge in [0, 0.05) is 18.8 Å². The zero-order valence-corrected chi connectivity index (χ0v) is 9.37. The largest absolute Gasteiger partial charge is 0.329 e. The van der Waals surface area contributed by atoms with Gasteiger partial charge in [0.15, 0.2) is 0 Å². The molecule has 1 atom stereocenters. The molecule has 15 heavy (non-hydrogen) atoms. The topological polar surface area (TPSA) is 29.9 Å². The van der Waals surface area contributed by atoms with E-state index >= 15 is 0 Å². The smallest absolute Gasteiger partial charge is 0.0951 e. The molecule has 0 saturated carbocycles. The Morgan fingerprint density at radius 1 is 1.67 bits per heavy atom. The van der Waals surface area contributed by atoms with Crippen LogP contribution in [0.3, 0.4) is 0 Å². The van der Waals surface area contributed by atoms with Crippen LogP contribution in [0.25, 0.3) is 0 Å². The first-order valence-electron chi connectivity index (χ1n) is 5.65. The van der Waals surface area contributed by atoms with Gasteiger partial charge in [-0.2, -0.15) is 0 Å². The van der Waals surface area contributed by atoms with E-state index in [1.165, 1.54) is 30.5 Å². The van der Waals surface area contributed by atoms with Gasteiger partial charge in [-0.05, 0) is 26.3 Å². The number of hydrogen-bond donors (Lipinski definition) is 1. The van der Waals surface area contributed by atoms with Gasteiger partial charge in [0.1, 0.15) is 0 Å². The van der Waals surface area contributed by atoms with Crippen molar-refractivity contribution in [3.05, 3.63) is 30.4 Å². The lowest BCUT2D eigenvalue weighted by Crippen LogP contribution is -2.28. The van der Waals surface area contributed by atoms with E-state index in [2.05, 4.69) is 28.4 Å². The van der Waals surface area contributed by atoms with Crippen molar-refractivity contribution in [3.8, 4) is 0 Å². The lowest BCUT2D eigenvalue weighted by molar-refractivity contribution is 0.395. The molecule has 0 amide bonds. The Morgan fingerprint density at radius 3 is 3.20 bits per heavy atom. The van der Waals surface area contributed by atoms with Crippen molar-refractivity contribution in [1.82, 2.24) is 14.9 Å². The van der Waals surface area contributed by atoms with Crippen LogP contribution in [0, 0.1) is 0 Å². The van der Waals surface area contributed by atoms with Crippen molar-refractivity contribution in [2.24, 2.45) is 0 Å². The van der Waals surface area contributed by atoms with Crippen LogP contribution in [0.2, 0.25) is 0 Å². The van der Waals surface area contributed by atoms with Gasteiger partial charge >= 0.3 is 0 Å². The third-order valence-corrected chi connectivity index (χ3v) is 2.85. The van der Waals surface area contributed by atoms with E-state index in [0.717, 1.165) is 13.1 Å². The number of nitrogens with one attached hydrogen (secondary N) is 1. The second-order valence-corrected chi connectivity index (χ2v) is 4.41. The number of imidazole rings is 1. The lowest BCUT2D eigenvalue weighted by atomic mass is 10.0. The summed E-state index contributed by atoms with van der Waals surface area (Å²) in [4.78, 5) is 4.23. The molecule has 0 aliphatic carbocycles. The van der Waals surface area contributed by atoms with Crippen LogP contribution < -0.4 is 5.32 Å². The highest BCUT2D eigenvalue weighted by Gasteiger charge is 2.17. The zero-order valence-electron chi connectivity index (χ0n) is 9.37. The van der Waals surface area contributed by atoms with Gasteiger partial charge < -0.3 is 9.88 Å². The zero-order chi connectivity index (χ0) is 10.7. The van der Waals surface area contributed by atoms with Gasteiger partial charge in [-0.25, -0.2) is 4.98 Å². The molecule has 0 bridgehead atoms. The second-order valence-electron chi connectivity index (χ2n) is 4.41. The number of aromatic nitrogens is 2. The minimum absolute atomic E-state index is 0.487. The Labute approximate surface area is 91.2 Å². The summed E-state index contributed by atoms with van der Waals surface area (Å²) >= 11 is 0. The fraction of sp³-hybridized carbons (Fsp3) is 0.583. The van der Waals surface area contributed by atoms with Gasteiger partial charge in [-0.15, -0.1) is 0 Å². The molecule has 0 aromatic carbocycles. The highest BCUT2D eigenvalue weighted by Crippen LogP contribution is 2.22. The number of hydrogen-bond acceptors (Lipinski definition) is 2. The first kappa shape index (κ1) is 10.4. The summed E-state index contributed by atoms with van der Waals surface area (Å²) in [6, 6.07) is 0.487. The van der Waals surface area contributed by atoms with Crippen molar-refractivity contribution in [2.45, 2.75) is 38.8 Å². The Hall–Kier alpha value is -1.09. The molecule has 1 fully saturated rings. The molecule has 1 aromatic rings. The van der Waals surface area contributed by atoms with Crippen molar-refractivity contribution >= 4 is 0 Å². The predicted molar refractivity (Wildman–Crippen MR) is 61.6 cm³/mol. The van der Waals surface area contributed by atoms with E-state index < -0.39 is 0 Å². The minimum Gasteiger partial charge on any atom is -0.329 e. The quantitative estimate of drug-likeness (QED) is 0.767. The van der Waals surface area contributed by atoms with E-state index in [1.807, 2.05) is 12.5 Å². The average molecular weight is 205 g/mol. The molecule has 2 rings (SSSR count). The van der Waals surface area contributed by atoms with E-state index in [4.69, 9.17) is 0 Å². The molecule has 2 heterocycles. The molecule has 0 spiro atoms. The number of allylic oxidation sites excluding steroid dienone is 1. The third-order valence-electron chi connectivity index (χ3n) is 2.85. The second kappa shape index (κ2) is 4.62. The summed E-state index contributed by atoms with van der Waals surface area (Å²) in [5, 5.41) is 3.54. The van der Waals surface area contributed by atoms with Gasteiger partial charge in [0.25, 0.3) is 0 Å². The summed E-state index contributed by atoms with van der Waals surface area (Å²) in [6.45, 7) is 8.01. The maximum Gasteiger partial charge on any atom is 0.0951 e. The van der Waals surface area contributed by atoms with Crippen LogP contribution in [0.1, 0.15) is 37.9 Å². The molecule has 1 unspecified atom stereocenters. The molecule has 0 radical (unpaired) electrons. The fourth-order valence-corrected chi connectivity index (χ4v) is 2.15. The van der Waals surface area contributed by atoms with Gasteiger partial charge in [0.2, 0.25) is 0 Å². The molecule has 1 aromatic heterocycles. The van der Waals surface area contributed by atoms with Crippen molar-refractivity contribution < 1.29 is 0 Å². The average Bonchev–Trinajstić information content (AvgIpc) is 2.66. The fourth-order valence-electron chi connectivity index (χ4n) is 2.15. The van der Waals surface area contributed by atoms with Gasteiger partial charge in [-0.1, -0.05) is 18.6 Å². The molecule has 1 aliphatic rings. The molecule has 1 saturated heterocycles. The number of nitrogens with zero attached hydrogens (tertiary/aromatic N) is 2. The summed E-state index contributed by atoms with van der Waals surface area (Å²) in [5.41, 5.74) is 2.47. The van der Waals surface area contributed by atoms with E-state index in [9.17, 15) is 0 Å².